The highest BCUT2D eigenvalue weighted by Gasteiger charge is 2.12. The Morgan fingerprint density at radius 1 is 1.04 bits per heavy atom. The van der Waals surface area contributed by atoms with Crippen molar-refractivity contribution in [3.8, 4) is 11.5 Å². The van der Waals surface area contributed by atoms with Crippen LogP contribution in [0.4, 0.5) is 0 Å². The van der Waals surface area contributed by atoms with E-state index in [0.29, 0.717) is 24.8 Å². The Morgan fingerprint density at radius 3 is 2.12 bits per heavy atom. The molecule has 0 bridgehead atoms. The lowest BCUT2D eigenvalue weighted by molar-refractivity contribution is -0.123. The summed E-state index contributed by atoms with van der Waals surface area (Å²) in [6.45, 7) is 1.44. The lowest BCUT2D eigenvalue weighted by Crippen LogP contribution is -2.43. The quantitative estimate of drug-likeness (QED) is 0.620. The predicted octanol–water partition coefficient (Wildman–Crippen LogP) is 2.39. The van der Waals surface area contributed by atoms with E-state index in [1.807, 2.05) is 36.4 Å². The van der Waals surface area contributed by atoms with Gasteiger partial charge >= 0.3 is 0 Å². The summed E-state index contributed by atoms with van der Waals surface area (Å²) in [5.74, 6) is 1.23. The van der Waals surface area contributed by atoms with E-state index in [1.54, 1.807) is 12.1 Å². The standard InChI is InChI=1S/C19H23ClN2O4/c1-24-13-18(21)19(23)22-12-14-2-6-16(7-3-14)25-10-11-26-17-8-4-15(20)5-9-17/h2-9,18H,10-13,21H2,1H3,(H,22,23). The first-order valence-electron chi connectivity index (χ1n) is 8.21. The van der Waals surface area contributed by atoms with Crippen molar-refractivity contribution in [2.45, 2.75) is 12.6 Å². The summed E-state index contributed by atoms with van der Waals surface area (Å²) in [5, 5.41) is 3.44. The summed E-state index contributed by atoms with van der Waals surface area (Å²) in [7, 11) is 1.51. The number of carbonyl (C=O) groups is 1. The average molecular weight is 379 g/mol. The van der Waals surface area contributed by atoms with Gasteiger partial charge in [-0.25, -0.2) is 0 Å². The molecular formula is C19H23ClN2O4. The second-order valence-electron chi connectivity index (χ2n) is 5.57. The molecular weight excluding hydrogens is 356 g/mol. The second-order valence-corrected chi connectivity index (χ2v) is 6.01. The zero-order valence-corrected chi connectivity index (χ0v) is 15.4. The number of hydrogen-bond acceptors (Lipinski definition) is 5. The number of ether oxygens (including phenoxy) is 3. The van der Waals surface area contributed by atoms with Gasteiger partial charge in [-0.05, 0) is 42.0 Å². The molecule has 6 nitrogen and oxygen atoms in total. The minimum Gasteiger partial charge on any atom is -0.490 e. The lowest BCUT2D eigenvalue weighted by Gasteiger charge is -2.12. The Bertz CT molecular complexity index is 677. The van der Waals surface area contributed by atoms with Crippen LogP contribution in [0, 0.1) is 0 Å². The Kier molecular flexibility index (Phi) is 8.21. The van der Waals surface area contributed by atoms with Crippen LogP contribution in [0.3, 0.4) is 0 Å². The first-order valence-corrected chi connectivity index (χ1v) is 8.58. The van der Waals surface area contributed by atoms with Crippen LogP contribution in [-0.2, 0) is 16.1 Å². The largest absolute Gasteiger partial charge is 0.490 e. The van der Waals surface area contributed by atoms with Crippen LogP contribution in [0.1, 0.15) is 5.56 Å². The van der Waals surface area contributed by atoms with Gasteiger partial charge in [-0.1, -0.05) is 23.7 Å². The number of benzene rings is 2. The molecule has 0 aliphatic rings. The first-order chi connectivity index (χ1) is 12.6. The third-order valence-electron chi connectivity index (χ3n) is 3.51. The summed E-state index contributed by atoms with van der Waals surface area (Å²) in [4.78, 5) is 11.7. The number of halogens is 1. The normalized spacial score (nSPS) is 11.7. The third-order valence-corrected chi connectivity index (χ3v) is 3.76. The molecule has 0 heterocycles. The fourth-order valence-corrected chi connectivity index (χ4v) is 2.25. The number of rotatable bonds is 10. The van der Waals surface area contributed by atoms with Gasteiger partial charge in [0, 0.05) is 18.7 Å². The van der Waals surface area contributed by atoms with Gasteiger partial charge < -0.3 is 25.3 Å². The molecule has 7 heteroatoms. The molecule has 2 aromatic rings. The van der Waals surface area contributed by atoms with Crippen molar-refractivity contribution in [1.29, 1.82) is 0 Å². The summed E-state index contributed by atoms with van der Waals surface area (Å²) in [6.07, 6.45) is 0. The van der Waals surface area contributed by atoms with E-state index in [9.17, 15) is 4.79 Å². The van der Waals surface area contributed by atoms with Gasteiger partial charge in [0.1, 0.15) is 30.8 Å². The molecule has 0 saturated carbocycles. The topological polar surface area (TPSA) is 82.8 Å². The molecule has 26 heavy (non-hydrogen) atoms. The lowest BCUT2D eigenvalue weighted by atomic mass is 10.2. The zero-order valence-electron chi connectivity index (χ0n) is 14.6. The van der Waals surface area contributed by atoms with Crippen molar-refractivity contribution in [3.63, 3.8) is 0 Å². The maximum absolute atomic E-state index is 11.7. The summed E-state index contributed by atoms with van der Waals surface area (Å²) < 4.78 is 16.0. The molecule has 1 atom stereocenters. The number of hydrogen-bond donors (Lipinski definition) is 2. The molecule has 2 rings (SSSR count). The van der Waals surface area contributed by atoms with Crippen molar-refractivity contribution in [2.75, 3.05) is 26.9 Å². The van der Waals surface area contributed by atoms with Crippen LogP contribution in [0.5, 0.6) is 11.5 Å². The highest BCUT2D eigenvalue weighted by atomic mass is 35.5. The molecule has 0 aliphatic carbocycles. The van der Waals surface area contributed by atoms with Crippen LogP contribution in [0.15, 0.2) is 48.5 Å². The number of methoxy groups -OCH3 is 1. The Labute approximate surface area is 158 Å². The van der Waals surface area contributed by atoms with E-state index in [-0.39, 0.29) is 12.5 Å². The van der Waals surface area contributed by atoms with E-state index in [1.165, 1.54) is 7.11 Å². The second kappa shape index (κ2) is 10.7. The van der Waals surface area contributed by atoms with Gasteiger partial charge in [0.15, 0.2) is 0 Å². The molecule has 2 aromatic carbocycles. The molecule has 0 fully saturated rings. The third kappa shape index (κ3) is 6.92. The Hall–Kier alpha value is -2.28. The maximum Gasteiger partial charge on any atom is 0.239 e. The number of nitrogens with one attached hydrogen (secondary N) is 1. The molecule has 3 N–H and O–H groups in total. The van der Waals surface area contributed by atoms with Crippen LogP contribution >= 0.6 is 11.6 Å². The van der Waals surface area contributed by atoms with E-state index in [2.05, 4.69) is 5.32 Å². The summed E-state index contributed by atoms with van der Waals surface area (Å²) in [5.41, 5.74) is 6.61. The number of amides is 1. The van der Waals surface area contributed by atoms with Crippen molar-refractivity contribution >= 4 is 17.5 Å². The number of carbonyl (C=O) groups excluding carboxylic acids is 1. The van der Waals surface area contributed by atoms with Crippen LogP contribution in [-0.4, -0.2) is 38.9 Å². The molecule has 1 unspecified atom stereocenters. The van der Waals surface area contributed by atoms with Crippen molar-refractivity contribution < 1.29 is 19.0 Å². The summed E-state index contributed by atoms with van der Waals surface area (Å²) in [6, 6.07) is 14.0. The van der Waals surface area contributed by atoms with Gasteiger partial charge in [-0.15, -0.1) is 0 Å². The minimum absolute atomic E-state index is 0.191. The van der Waals surface area contributed by atoms with Crippen molar-refractivity contribution in [2.24, 2.45) is 5.73 Å². The van der Waals surface area contributed by atoms with Crippen molar-refractivity contribution in [3.05, 3.63) is 59.1 Å². The first kappa shape index (κ1) is 20.0. The molecule has 0 radical (unpaired) electrons. The Morgan fingerprint density at radius 2 is 1.58 bits per heavy atom. The SMILES string of the molecule is COCC(N)C(=O)NCc1ccc(OCCOc2ccc(Cl)cc2)cc1. The van der Waals surface area contributed by atoms with E-state index in [0.717, 1.165) is 17.1 Å². The Balaban J connectivity index is 1.68. The van der Waals surface area contributed by atoms with Crippen LogP contribution in [0.25, 0.3) is 0 Å². The van der Waals surface area contributed by atoms with Crippen molar-refractivity contribution in [1.82, 2.24) is 5.32 Å². The number of nitrogens with two attached hydrogens (primary N) is 1. The van der Waals surface area contributed by atoms with Gasteiger partial charge in [-0.2, -0.15) is 0 Å². The minimum atomic E-state index is -0.664. The van der Waals surface area contributed by atoms with E-state index >= 15 is 0 Å². The van der Waals surface area contributed by atoms with Crippen LogP contribution < -0.4 is 20.5 Å². The zero-order chi connectivity index (χ0) is 18.8. The molecule has 0 spiro atoms. The van der Waals surface area contributed by atoms with E-state index < -0.39 is 6.04 Å². The molecule has 0 saturated heterocycles. The monoisotopic (exact) mass is 378 g/mol. The van der Waals surface area contributed by atoms with Gasteiger partial charge in [0.05, 0.1) is 6.61 Å². The fourth-order valence-electron chi connectivity index (χ4n) is 2.13. The van der Waals surface area contributed by atoms with Gasteiger partial charge in [0.2, 0.25) is 5.91 Å². The molecule has 140 valence electrons. The highest BCUT2D eigenvalue weighted by Crippen LogP contribution is 2.16. The fraction of sp³-hybridized carbons (Fsp3) is 0.316. The molecule has 0 aliphatic heterocycles. The average Bonchev–Trinajstić information content (AvgIpc) is 2.66. The van der Waals surface area contributed by atoms with E-state index in [4.69, 9.17) is 31.5 Å². The maximum atomic E-state index is 11.7. The van der Waals surface area contributed by atoms with Gasteiger partial charge in [-0.3, -0.25) is 4.79 Å². The van der Waals surface area contributed by atoms with Gasteiger partial charge in [0.25, 0.3) is 0 Å². The van der Waals surface area contributed by atoms with Crippen LogP contribution in [0.2, 0.25) is 5.02 Å². The summed E-state index contributed by atoms with van der Waals surface area (Å²) >= 11 is 5.82. The predicted molar refractivity (Wildman–Crippen MR) is 101 cm³/mol. The highest BCUT2D eigenvalue weighted by molar-refractivity contribution is 6.30. The molecule has 1 amide bonds. The smallest absolute Gasteiger partial charge is 0.239 e. The molecule has 0 aromatic heterocycles.